The number of benzene rings is 1. The van der Waals surface area contributed by atoms with E-state index in [0.717, 1.165) is 11.3 Å². The molecule has 6 heteroatoms. The van der Waals surface area contributed by atoms with E-state index in [1.54, 1.807) is 6.07 Å². The molecule has 2 heterocycles. The highest BCUT2D eigenvalue weighted by atomic mass is 16.2. The van der Waals surface area contributed by atoms with Gasteiger partial charge in [-0.05, 0) is 38.8 Å². The summed E-state index contributed by atoms with van der Waals surface area (Å²) < 4.78 is 1.84. The van der Waals surface area contributed by atoms with Gasteiger partial charge in [-0.3, -0.25) is 14.3 Å². The van der Waals surface area contributed by atoms with Crippen LogP contribution in [0.5, 0.6) is 0 Å². The van der Waals surface area contributed by atoms with E-state index in [0.29, 0.717) is 18.5 Å². The molecule has 0 bridgehead atoms. The second kappa shape index (κ2) is 7.09. The van der Waals surface area contributed by atoms with Crippen LogP contribution in [0.25, 0.3) is 0 Å². The number of amides is 2. The van der Waals surface area contributed by atoms with Gasteiger partial charge in [0.25, 0.3) is 5.91 Å². The minimum absolute atomic E-state index is 0.0132. The molecule has 25 heavy (non-hydrogen) atoms. The molecule has 1 saturated heterocycles. The normalized spacial score (nSPS) is 20.4. The summed E-state index contributed by atoms with van der Waals surface area (Å²) in [6.45, 7) is 6.00. The van der Waals surface area contributed by atoms with Crippen LogP contribution in [0.1, 0.15) is 60.5 Å². The van der Waals surface area contributed by atoms with Crippen molar-refractivity contribution in [1.29, 1.82) is 0 Å². The highest BCUT2D eigenvalue weighted by Crippen LogP contribution is 2.24. The van der Waals surface area contributed by atoms with Gasteiger partial charge in [0.05, 0.1) is 12.1 Å². The topological polar surface area (TPSA) is 76.0 Å². The van der Waals surface area contributed by atoms with Crippen LogP contribution in [-0.2, 0) is 4.79 Å². The monoisotopic (exact) mass is 340 g/mol. The third-order valence-electron chi connectivity index (χ3n) is 4.52. The first-order chi connectivity index (χ1) is 12.0. The molecule has 1 aromatic carbocycles. The first-order valence-corrected chi connectivity index (χ1v) is 8.67. The molecule has 0 spiro atoms. The van der Waals surface area contributed by atoms with E-state index in [1.165, 1.54) is 0 Å². The van der Waals surface area contributed by atoms with Gasteiger partial charge < -0.3 is 10.6 Å². The third kappa shape index (κ3) is 3.73. The van der Waals surface area contributed by atoms with Crippen molar-refractivity contribution in [2.45, 2.75) is 51.7 Å². The van der Waals surface area contributed by atoms with Gasteiger partial charge in [-0.15, -0.1) is 0 Å². The predicted molar refractivity (Wildman–Crippen MR) is 95.2 cm³/mol. The average Bonchev–Trinajstić information content (AvgIpc) is 2.99. The second-order valence-electron chi connectivity index (χ2n) is 6.78. The van der Waals surface area contributed by atoms with Gasteiger partial charge in [0.2, 0.25) is 5.91 Å². The zero-order valence-corrected chi connectivity index (χ0v) is 14.8. The SMILES string of the molecule is Cc1cc(C(=O)N[C@@H]2CCC(=O)N[C@H]2c2ccccc2)nn1C(C)C. The number of nitrogens with zero attached hydrogens (tertiary/aromatic N) is 2. The van der Waals surface area contributed by atoms with E-state index < -0.39 is 0 Å². The number of carbonyl (C=O) groups is 2. The van der Waals surface area contributed by atoms with E-state index in [9.17, 15) is 9.59 Å². The summed E-state index contributed by atoms with van der Waals surface area (Å²) in [6, 6.07) is 11.4. The minimum atomic E-state index is -0.223. The van der Waals surface area contributed by atoms with Crippen molar-refractivity contribution in [1.82, 2.24) is 20.4 Å². The molecule has 0 aliphatic carbocycles. The molecular formula is C19H24N4O2. The van der Waals surface area contributed by atoms with Crippen LogP contribution in [-0.4, -0.2) is 27.6 Å². The van der Waals surface area contributed by atoms with Gasteiger partial charge in [-0.2, -0.15) is 5.10 Å². The Labute approximate surface area is 147 Å². The maximum atomic E-state index is 12.7. The van der Waals surface area contributed by atoms with Crippen molar-refractivity contribution in [2.75, 3.05) is 0 Å². The molecule has 1 aliphatic rings. The molecule has 0 saturated carbocycles. The number of hydrogen-bond acceptors (Lipinski definition) is 3. The van der Waals surface area contributed by atoms with E-state index in [4.69, 9.17) is 0 Å². The zero-order valence-electron chi connectivity index (χ0n) is 14.8. The van der Waals surface area contributed by atoms with Crippen molar-refractivity contribution >= 4 is 11.8 Å². The highest BCUT2D eigenvalue weighted by molar-refractivity contribution is 5.92. The Balaban J connectivity index is 1.78. The summed E-state index contributed by atoms with van der Waals surface area (Å²) >= 11 is 0. The fourth-order valence-electron chi connectivity index (χ4n) is 3.29. The zero-order chi connectivity index (χ0) is 18.0. The van der Waals surface area contributed by atoms with Crippen molar-refractivity contribution in [3.63, 3.8) is 0 Å². The van der Waals surface area contributed by atoms with E-state index >= 15 is 0 Å². The van der Waals surface area contributed by atoms with Crippen LogP contribution in [0.4, 0.5) is 0 Å². The number of piperidine rings is 1. The lowest BCUT2D eigenvalue weighted by Crippen LogP contribution is -2.50. The summed E-state index contributed by atoms with van der Waals surface area (Å²) in [7, 11) is 0. The fourth-order valence-corrected chi connectivity index (χ4v) is 3.29. The van der Waals surface area contributed by atoms with Gasteiger partial charge in [0.1, 0.15) is 5.69 Å². The highest BCUT2D eigenvalue weighted by Gasteiger charge is 2.31. The van der Waals surface area contributed by atoms with Gasteiger partial charge in [0.15, 0.2) is 0 Å². The Morgan fingerprint density at radius 2 is 2.04 bits per heavy atom. The van der Waals surface area contributed by atoms with E-state index in [1.807, 2.05) is 55.8 Å². The molecule has 0 radical (unpaired) electrons. The van der Waals surface area contributed by atoms with Crippen molar-refractivity contribution in [3.8, 4) is 0 Å². The number of aryl methyl sites for hydroxylation is 1. The maximum Gasteiger partial charge on any atom is 0.272 e. The molecule has 1 aliphatic heterocycles. The fraction of sp³-hybridized carbons (Fsp3) is 0.421. The number of rotatable bonds is 4. The summed E-state index contributed by atoms with van der Waals surface area (Å²) in [5.41, 5.74) is 2.36. The van der Waals surface area contributed by atoms with Crippen molar-refractivity contribution in [3.05, 3.63) is 53.3 Å². The van der Waals surface area contributed by atoms with Gasteiger partial charge >= 0.3 is 0 Å². The van der Waals surface area contributed by atoms with Gasteiger partial charge in [-0.25, -0.2) is 0 Å². The first kappa shape index (κ1) is 17.2. The number of carbonyl (C=O) groups excluding carboxylic acids is 2. The first-order valence-electron chi connectivity index (χ1n) is 8.67. The molecule has 2 amide bonds. The number of hydrogen-bond donors (Lipinski definition) is 2. The molecule has 2 N–H and O–H groups in total. The van der Waals surface area contributed by atoms with E-state index in [2.05, 4.69) is 15.7 Å². The Bertz CT molecular complexity index is 767. The smallest absolute Gasteiger partial charge is 0.272 e. The Kier molecular flexibility index (Phi) is 4.88. The summed E-state index contributed by atoms with van der Waals surface area (Å²) in [5.74, 6) is -0.191. The van der Waals surface area contributed by atoms with Crippen LogP contribution >= 0.6 is 0 Å². The van der Waals surface area contributed by atoms with Gasteiger partial charge in [0, 0.05) is 18.2 Å². The van der Waals surface area contributed by atoms with Gasteiger partial charge in [-0.1, -0.05) is 30.3 Å². The maximum absolute atomic E-state index is 12.7. The van der Waals surface area contributed by atoms with E-state index in [-0.39, 0.29) is 29.9 Å². The van der Waals surface area contributed by atoms with Crippen LogP contribution in [0.2, 0.25) is 0 Å². The molecule has 1 fully saturated rings. The molecule has 3 rings (SSSR count). The molecule has 1 aromatic heterocycles. The largest absolute Gasteiger partial charge is 0.347 e. The van der Waals surface area contributed by atoms with Crippen LogP contribution in [0.15, 0.2) is 36.4 Å². The third-order valence-corrected chi connectivity index (χ3v) is 4.52. The lowest BCUT2D eigenvalue weighted by molar-refractivity contribution is -0.123. The summed E-state index contributed by atoms with van der Waals surface area (Å²) in [6.07, 6.45) is 1.02. The molecular weight excluding hydrogens is 316 g/mol. The van der Waals surface area contributed by atoms with Crippen LogP contribution in [0, 0.1) is 6.92 Å². The van der Waals surface area contributed by atoms with Crippen LogP contribution < -0.4 is 10.6 Å². The molecule has 2 atom stereocenters. The summed E-state index contributed by atoms with van der Waals surface area (Å²) in [5, 5.41) is 10.5. The molecule has 0 unspecified atom stereocenters. The lowest BCUT2D eigenvalue weighted by atomic mass is 9.92. The Hall–Kier alpha value is -2.63. The predicted octanol–water partition coefficient (Wildman–Crippen LogP) is 2.52. The lowest BCUT2D eigenvalue weighted by Gasteiger charge is -2.33. The quantitative estimate of drug-likeness (QED) is 0.898. The standard InChI is InChI=1S/C19H24N4O2/c1-12(2)23-13(3)11-16(22-23)19(25)20-15-9-10-17(24)21-18(15)14-7-5-4-6-8-14/h4-8,11-12,15,18H,9-10H2,1-3H3,(H,20,25)(H,21,24)/t15-,18+/m1/s1. The average molecular weight is 340 g/mol. The Morgan fingerprint density at radius 3 is 2.68 bits per heavy atom. The van der Waals surface area contributed by atoms with Crippen molar-refractivity contribution < 1.29 is 9.59 Å². The molecule has 2 aromatic rings. The minimum Gasteiger partial charge on any atom is -0.347 e. The summed E-state index contributed by atoms with van der Waals surface area (Å²) in [4.78, 5) is 24.5. The second-order valence-corrected chi connectivity index (χ2v) is 6.78. The Morgan fingerprint density at radius 1 is 1.32 bits per heavy atom. The number of nitrogens with one attached hydrogen (secondary N) is 2. The molecule has 132 valence electrons. The number of aromatic nitrogens is 2. The molecule has 6 nitrogen and oxygen atoms in total. The van der Waals surface area contributed by atoms with Crippen molar-refractivity contribution in [2.24, 2.45) is 0 Å². The van der Waals surface area contributed by atoms with Crippen LogP contribution in [0.3, 0.4) is 0 Å².